The zero-order valence-corrected chi connectivity index (χ0v) is 21.8. The maximum absolute atomic E-state index is 13.1. The molecule has 1 saturated heterocycles. The predicted octanol–water partition coefficient (Wildman–Crippen LogP) is 4.80. The van der Waals surface area contributed by atoms with E-state index in [1.54, 1.807) is 24.4 Å². The van der Waals surface area contributed by atoms with Crippen LogP contribution in [0, 0.1) is 13.8 Å². The average molecular weight is 526 g/mol. The number of hydrogen-bond donors (Lipinski definition) is 3. The number of hydrogen-bond acceptors (Lipinski definition) is 4. The summed E-state index contributed by atoms with van der Waals surface area (Å²) in [6.45, 7) is 3.93. The molecule has 2 aromatic heterocycles. The lowest BCUT2D eigenvalue weighted by atomic mass is 9.96. The number of anilines is 1. The number of carbonyl (C=O) groups excluding carboxylic acids is 1. The zero-order chi connectivity index (χ0) is 26.8. The number of para-hydroxylation sites is 2. The number of benzene rings is 2. The summed E-state index contributed by atoms with van der Waals surface area (Å²) in [5.74, 6) is -1.19. The molecular weight excluding hydrogens is 498 g/mol. The summed E-state index contributed by atoms with van der Waals surface area (Å²) >= 11 is 5.73. The number of nitrogens with one attached hydrogen (secondary N) is 2. The Morgan fingerprint density at radius 2 is 1.74 bits per heavy atom. The molecule has 3 N–H and O–H groups in total. The minimum atomic E-state index is -0.996. The lowest BCUT2D eigenvalue weighted by Crippen LogP contribution is -2.37. The maximum atomic E-state index is 13.1. The summed E-state index contributed by atoms with van der Waals surface area (Å²) in [6, 6.07) is 23.3. The van der Waals surface area contributed by atoms with Crippen LogP contribution in [0.5, 0.6) is 0 Å². The van der Waals surface area contributed by atoms with Crippen molar-refractivity contribution >= 4 is 34.9 Å². The van der Waals surface area contributed by atoms with Gasteiger partial charge in [-0.1, -0.05) is 36.4 Å². The molecule has 0 bridgehead atoms. The van der Waals surface area contributed by atoms with Crippen LogP contribution in [0.4, 0.5) is 5.69 Å². The van der Waals surface area contributed by atoms with E-state index in [4.69, 9.17) is 12.2 Å². The number of thiocarbonyl (C=S) groups is 1. The molecule has 1 amide bonds. The van der Waals surface area contributed by atoms with Crippen molar-refractivity contribution in [3.63, 3.8) is 0 Å². The minimum Gasteiger partial charge on any atom is -0.478 e. The van der Waals surface area contributed by atoms with Crippen molar-refractivity contribution in [3.05, 3.63) is 113 Å². The van der Waals surface area contributed by atoms with Crippen LogP contribution >= 0.6 is 12.2 Å². The summed E-state index contributed by atoms with van der Waals surface area (Å²) in [7, 11) is 0. The number of aromatic carboxylic acids is 1. The number of carboxylic acids is 1. The molecule has 0 radical (unpaired) electrons. The van der Waals surface area contributed by atoms with Gasteiger partial charge in [0.2, 0.25) is 5.91 Å². The number of carboxylic acid groups (broad SMARTS) is 1. The Bertz CT molecular complexity index is 1500. The number of pyridine rings is 1. The monoisotopic (exact) mass is 525 g/mol. The van der Waals surface area contributed by atoms with Crippen molar-refractivity contribution in [2.45, 2.75) is 25.9 Å². The van der Waals surface area contributed by atoms with Crippen molar-refractivity contribution in [2.24, 2.45) is 0 Å². The first-order valence-corrected chi connectivity index (χ1v) is 12.6. The number of nitrogens with zero attached hydrogens (tertiary/aromatic N) is 3. The Labute approximate surface area is 225 Å². The summed E-state index contributed by atoms with van der Waals surface area (Å²) < 4.78 is 1.94. The SMILES string of the molecule is Cc1cc([C@H]2[C@@H](c3ccccn3)NC(=S)N2CC(=O)Nc2ccccc2)c(C)n1-c1ccccc1C(=O)O. The van der Waals surface area contributed by atoms with E-state index in [1.165, 1.54) is 0 Å². The van der Waals surface area contributed by atoms with Gasteiger partial charge in [-0.05, 0) is 74.1 Å². The number of carbonyl (C=O) groups is 2. The lowest BCUT2D eigenvalue weighted by Gasteiger charge is -2.27. The Morgan fingerprint density at radius 3 is 2.45 bits per heavy atom. The quantitative estimate of drug-likeness (QED) is 0.298. The van der Waals surface area contributed by atoms with Crippen LogP contribution in [-0.4, -0.2) is 43.1 Å². The second-order valence-corrected chi connectivity index (χ2v) is 9.54. The molecule has 2 aromatic carbocycles. The van der Waals surface area contributed by atoms with Gasteiger partial charge in [0, 0.05) is 23.3 Å². The molecule has 0 spiro atoms. The van der Waals surface area contributed by atoms with Crippen LogP contribution in [0.3, 0.4) is 0 Å². The van der Waals surface area contributed by atoms with E-state index in [-0.39, 0.29) is 30.1 Å². The molecule has 192 valence electrons. The fourth-order valence-corrected chi connectivity index (χ4v) is 5.40. The fraction of sp³-hybridized carbons (Fsp3) is 0.172. The van der Waals surface area contributed by atoms with E-state index in [2.05, 4.69) is 15.6 Å². The Balaban J connectivity index is 1.57. The molecule has 5 rings (SSSR count). The van der Waals surface area contributed by atoms with Gasteiger partial charge in [-0.3, -0.25) is 9.78 Å². The van der Waals surface area contributed by atoms with Crippen LogP contribution in [-0.2, 0) is 4.79 Å². The molecule has 1 aliphatic rings. The maximum Gasteiger partial charge on any atom is 0.337 e. The van der Waals surface area contributed by atoms with Gasteiger partial charge in [-0.25, -0.2) is 4.79 Å². The number of rotatable bonds is 7. The standard InChI is InChI=1S/C29H27N5O3S/c1-18-16-22(19(2)34(18)24-14-7-6-12-21(24)28(36)37)27-26(23-13-8-9-15-30-23)32-29(38)33(27)17-25(35)31-20-10-4-3-5-11-20/h3-16,26-27H,17H2,1-2H3,(H,31,35)(H,32,38)(H,36,37)/t26-,27+/m1/s1. The van der Waals surface area contributed by atoms with Gasteiger partial charge in [-0.15, -0.1) is 0 Å². The van der Waals surface area contributed by atoms with Crippen LogP contribution in [0.2, 0.25) is 0 Å². The normalized spacial score (nSPS) is 16.8. The van der Waals surface area contributed by atoms with Gasteiger partial charge in [0.05, 0.1) is 29.0 Å². The molecular formula is C29H27N5O3S. The van der Waals surface area contributed by atoms with Crippen molar-refractivity contribution in [2.75, 3.05) is 11.9 Å². The first-order valence-electron chi connectivity index (χ1n) is 12.2. The Morgan fingerprint density at radius 1 is 1.03 bits per heavy atom. The van der Waals surface area contributed by atoms with Crippen LogP contribution in [0.25, 0.3) is 5.69 Å². The zero-order valence-electron chi connectivity index (χ0n) is 21.0. The van der Waals surface area contributed by atoms with E-state index in [9.17, 15) is 14.7 Å². The molecule has 3 heterocycles. The van der Waals surface area contributed by atoms with E-state index in [0.717, 1.165) is 22.6 Å². The first kappa shape index (κ1) is 25.2. The van der Waals surface area contributed by atoms with Crippen molar-refractivity contribution < 1.29 is 14.7 Å². The third-order valence-corrected chi connectivity index (χ3v) is 7.09. The summed E-state index contributed by atoms with van der Waals surface area (Å²) in [5, 5.41) is 16.6. The molecule has 38 heavy (non-hydrogen) atoms. The third kappa shape index (κ3) is 4.76. The summed E-state index contributed by atoms with van der Waals surface area (Å²) in [6.07, 6.45) is 1.73. The largest absolute Gasteiger partial charge is 0.478 e. The molecule has 4 aromatic rings. The number of aryl methyl sites for hydroxylation is 1. The van der Waals surface area contributed by atoms with Gasteiger partial charge in [0.15, 0.2) is 5.11 Å². The van der Waals surface area contributed by atoms with Gasteiger partial charge < -0.3 is 25.2 Å². The number of amides is 1. The number of aromatic nitrogens is 2. The molecule has 0 unspecified atom stereocenters. The Hall–Kier alpha value is -4.50. The van der Waals surface area contributed by atoms with E-state index in [1.807, 2.05) is 84.0 Å². The van der Waals surface area contributed by atoms with Crippen molar-refractivity contribution in [1.82, 2.24) is 19.8 Å². The average Bonchev–Trinajstić information content (AvgIpc) is 3.39. The first-order chi connectivity index (χ1) is 18.3. The van der Waals surface area contributed by atoms with Crippen LogP contribution in [0.15, 0.2) is 85.1 Å². The lowest BCUT2D eigenvalue weighted by molar-refractivity contribution is -0.116. The van der Waals surface area contributed by atoms with Gasteiger partial charge in [0.1, 0.15) is 6.54 Å². The molecule has 0 saturated carbocycles. The highest BCUT2D eigenvalue weighted by atomic mass is 32.1. The molecule has 2 atom stereocenters. The second kappa shape index (κ2) is 10.5. The smallest absolute Gasteiger partial charge is 0.337 e. The van der Waals surface area contributed by atoms with Gasteiger partial charge >= 0.3 is 5.97 Å². The minimum absolute atomic E-state index is 0.0319. The third-order valence-electron chi connectivity index (χ3n) is 6.73. The molecule has 1 aliphatic heterocycles. The topological polar surface area (TPSA) is 99.5 Å². The summed E-state index contributed by atoms with van der Waals surface area (Å²) in [5.41, 5.74) is 4.95. The van der Waals surface area contributed by atoms with E-state index in [0.29, 0.717) is 16.5 Å². The highest BCUT2D eigenvalue weighted by molar-refractivity contribution is 7.80. The van der Waals surface area contributed by atoms with Crippen molar-refractivity contribution in [3.8, 4) is 5.69 Å². The highest BCUT2D eigenvalue weighted by Gasteiger charge is 2.42. The molecule has 9 heteroatoms. The molecule has 0 aliphatic carbocycles. The van der Waals surface area contributed by atoms with Gasteiger partial charge in [0.25, 0.3) is 0 Å². The molecule has 1 fully saturated rings. The fourth-order valence-electron chi connectivity index (χ4n) is 5.10. The van der Waals surface area contributed by atoms with Crippen molar-refractivity contribution in [1.29, 1.82) is 0 Å². The predicted molar refractivity (Wildman–Crippen MR) is 149 cm³/mol. The summed E-state index contributed by atoms with van der Waals surface area (Å²) in [4.78, 5) is 31.5. The van der Waals surface area contributed by atoms with Crippen LogP contribution < -0.4 is 10.6 Å². The Kier molecular flexibility index (Phi) is 6.93. The van der Waals surface area contributed by atoms with E-state index >= 15 is 0 Å². The van der Waals surface area contributed by atoms with Gasteiger partial charge in [-0.2, -0.15) is 0 Å². The van der Waals surface area contributed by atoms with E-state index < -0.39 is 5.97 Å². The molecule has 8 nitrogen and oxygen atoms in total. The highest BCUT2D eigenvalue weighted by Crippen LogP contribution is 2.41. The van der Waals surface area contributed by atoms with Crippen LogP contribution in [0.1, 0.15) is 45.1 Å². The second-order valence-electron chi connectivity index (χ2n) is 9.15.